The zero-order valence-corrected chi connectivity index (χ0v) is 16.3. The van der Waals surface area contributed by atoms with E-state index < -0.39 is 5.82 Å². The van der Waals surface area contributed by atoms with Crippen LogP contribution in [0.5, 0.6) is 5.75 Å². The molecule has 3 heterocycles. The number of rotatable bonds is 5. The lowest BCUT2D eigenvalue weighted by molar-refractivity contribution is 0.00429. The van der Waals surface area contributed by atoms with Gasteiger partial charge in [0, 0.05) is 31.1 Å². The predicted octanol–water partition coefficient (Wildman–Crippen LogP) is 3.91. The first-order chi connectivity index (χ1) is 13.1. The van der Waals surface area contributed by atoms with Gasteiger partial charge in [0.1, 0.15) is 18.2 Å². The standard InChI is InChI=1S/C20H24FN3O2S/c1-20(23-8-2-3-9-23)7-4-10-24(20)19(25)17-6-5-16(11-18(17)21)26-12-15-13-27-14-22-15/h5-6,11,13-14H,2-4,7-10,12H2,1H3/t20-/m0/s1. The molecule has 0 saturated carbocycles. The molecule has 7 heteroatoms. The van der Waals surface area contributed by atoms with E-state index in [4.69, 9.17) is 4.74 Å². The highest BCUT2D eigenvalue weighted by Crippen LogP contribution is 2.36. The SMILES string of the molecule is C[C@@]1(N2CCCC2)CCCN1C(=O)c1ccc(OCc2cscn2)cc1F. The van der Waals surface area contributed by atoms with Gasteiger partial charge in [-0.25, -0.2) is 9.37 Å². The van der Waals surface area contributed by atoms with Crippen LogP contribution >= 0.6 is 11.3 Å². The lowest BCUT2D eigenvalue weighted by Crippen LogP contribution is -2.56. The molecule has 2 aliphatic rings. The number of hydrogen-bond donors (Lipinski definition) is 0. The monoisotopic (exact) mass is 389 g/mol. The third-order valence-electron chi connectivity index (χ3n) is 5.69. The molecule has 0 radical (unpaired) electrons. The number of ether oxygens (including phenoxy) is 1. The molecule has 1 aromatic carbocycles. The van der Waals surface area contributed by atoms with Crippen LogP contribution in [0.4, 0.5) is 4.39 Å². The second-order valence-corrected chi connectivity index (χ2v) is 8.10. The summed E-state index contributed by atoms with van der Waals surface area (Å²) in [5.41, 5.74) is 2.34. The Labute approximate surface area is 162 Å². The third kappa shape index (κ3) is 3.58. The van der Waals surface area contributed by atoms with E-state index in [2.05, 4.69) is 16.8 Å². The van der Waals surface area contributed by atoms with Crippen molar-refractivity contribution in [2.24, 2.45) is 0 Å². The van der Waals surface area contributed by atoms with Crippen molar-refractivity contribution in [2.45, 2.75) is 44.9 Å². The molecule has 2 saturated heterocycles. The summed E-state index contributed by atoms with van der Waals surface area (Å²) in [6.45, 7) is 5.09. The topological polar surface area (TPSA) is 45.7 Å². The molecule has 0 unspecified atom stereocenters. The number of hydrogen-bond acceptors (Lipinski definition) is 5. The van der Waals surface area contributed by atoms with Crippen LogP contribution < -0.4 is 4.74 Å². The second-order valence-electron chi connectivity index (χ2n) is 7.38. The first kappa shape index (κ1) is 18.4. The maximum absolute atomic E-state index is 14.7. The highest BCUT2D eigenvalue weighted by Gasteiger charge is 2.45. The van der Waals surface area contributed by atoms with Gasteiger partial charge in [0.25, 0.3) is 5.91 Å². The van der Waals surface area contributed by atoms with E-state index in [1.54, 1.807) is 11.6 Å². The lowest BCUT2D eigenvalue weighted by atomic mass is 10.1. The van der Waals surface area contributed by atoms with Crippen LogP contribution in [0.2, 0.25) is 0 Å². The van der Waals surface area contributed by atoms with Gasteiger partial charge in [-0.1, -0.05) is 0 Å². The Hall–Kier alpha value is -1.99. The van der Waals surface area contributed by atoms with Crippen LogP contribution in [0.25, 0.3) is 0 Å². The zero-order valence-electron chi connectivity index (χ0n) is 15.5. The van der Waals surface area contributed by atoms with Crippen molar-refractivity contribution in [1.29, 1.82) is 0 Å². The van der Waals surface area contributed by atoms with Crippen molar-refractivity contribution in [2.75, 3.05) is 19.6 Å². The molecule has 2 fully saturated rings. The molecule has 2 aliphatic heterocycles. The number of amides is 1. The van der Waals surface area contributed by atoms with Gasteiger partial charge in [0.05, 0.1) is 22.4 Å². The normalized spacial score (nSPS) is 23.1. The Bertz CT molecular complexity index is 808. The van der Waals surface area contributed by atoms with Crippen LogP contribution in [0.15, 0.2) is 29.1 Å². The van der Waals surface area contributed by atoms with Crippen molar-refractivity contribution < 1.29 is 13.9 Å². The van der Waals surface area contributed by atoms with Gasteiger partial charge in [-0.2, -0.15) is 0 Å². The Kier molecular flexibility index (Phi) is 5.14. The van der Waals surface area contributed by atoms with E-state index in [1.165, 1.54) is 23.5 Å². The molecule has 0 spiro atoms. The third-order valence-corrected chi connectivity index (χ3v) is 6.32. The number of halogens is 1. The average Bonchev–Trinajstić information content (AvgIpc) is 3.41. The molecule has 5 nitrogen and oxygen atoms in total. The number of carbonyl (C=O) groups is 1. The number of likely N-dealkylation sites (tertiary alicyclic amines) is 2. The summed E-state index contributed by atoms with van der Waals surface area (Å²) >= 11 is 1.49. The summed E-state index contributed by atoms with van der Waals surface area (Å²) in [6, 6.07) is 4.49. The fourth-order valence-corrected chi connectivity index (χ4v) is 4.71. The first-order valence-electron chi connectivity index (χ1n) is 9.44. The van der Waals surface area contributed by atoms with Crippen molar-refractivity contribution in [1.82, 2.24) is 14.8 Å². The summed E-state index contributed by atoms with van der Waals surface area (Å²) in [6.07, 6.45) is 4.22. The predicted molar refractivity (Wildman–Crippen MR) is 102 cm³/mol. The molecule has 0 N–H and O–H groups in total. The minimum Gasteiger partial charge on any atom is -0.487 e. The molecule has 0 aliphatic carbocycles. The van der Waals surface area contributed by atoms with Gasteiger partial charge in [-0.3, -0.25) is 9.69 Å². The number of carbonyl (C=O) groups excluding carboxylic acids is 1. The Morgan fingerprint density at radius 3 is 2.81 bits per heavy atom. The molecular formula is C20H24FN3O2S. The maximum Gasteiger partial charge on any atom is 0.258 e. The summed E-state index contributed by atoms with van der Waals surface area (Å²) in [7, 11) is 0. The summed E-state index contributed by atoms with van der Waals surface area (Å²) in [5, 5.41) is 1.89. The highest BCUT2D eigenvalue weighted by atomic mass is 32.1. The number of benzene rings is 1. The molecule has 144 valence electrons. The average molecular weight is 389 g/mol. The van der Waals surface area contributed by atoms with Crippen LogP contribution in [0.3, 0.4) is 0 Å². The fourth-order valence-electron chi connectivity index (χ4n) is 4.17. The van der Waals surface area contributed by atoms with Crippen molar-refractivity contribution in [3.8, 4) is 5.75 Å². The van der Waals surface area contributed by atoms with Crippen molar-refractivity contribution >= 4 is 17.2 Å². The van der Waals surface area contributed by atoms with Crippen LogP contribution in [0, 0.1) is 5.82 Å². The molecular weight excluding hydrogens is 365 g/mol. The molecule has 1 aromatic heterocycles. The zero-order chi connectivity index (χ0) is 18.9. The largest absolute Gasteiger partial charge is 0.487 e. The van der Waals surface area contributed by atoms with Crippen LogP contribution in [0.1, 0.15) is 48.7 Å². The van der Waals surface area contributed by atoms with E-state index in [1.807, 2.05) is 10.3 Å². The van der Waals surface area contributed by atoms with E-state index in [0.29, 0.717) is 12.3 Å². The maximum atomic E-state index is 14.7. The lowest BCUT2D eigenvalue weighted by Gasteiger charge is -2.42. The first-order valence-corrected chi connectivity index (χ1v) is 10.4. The van der Waals surface area contributed by atoms with Gasteiger partial charge in [-0.15, -0.1) is 11.3 Å². The van der Waals surface area contributed by atoms with Gasteiger partial charge in [0.2, 0.25) is 0 Å². The van der Waals surface area contributed by atoms with Gasteiger partial charge in [-0.05, 0) is 44.7 Å². The molecule has 27 heavy (non-hydrogen) atoms. The van der Waals surface area contributed by atoms with Crippen molar-refractivity contribution in [3.05, 3.63) is 46.2 Å². The van der Waals surface area contributed by atoms with Crippen LogP contribution in [-0.4, -0.2) is 46.0 Å². The molecule has 4 rings (SSSR count). The molecule has 0 bridgehead atoms. The smallest absolute Gasteiger partial charge is 0.258 e. The number of aromatic nitrogens is 1. The van der Waals surface area contributed by atoms with E-state index >= 15 is 0 Å². The molecule has 2 aromatic rings. The van der Waals surface area contributed by atoms with Gasteiger partial charge < -0.3 is 9.64 Å². The van der Waals surface area contributed by atoms with Crippen molar-refractivity contribution in [3.63, 3.8) is 0 Å². The minimum absolute atomic E-state index is 0.114. The fraction of sp³-hybridized carbons (Fsp3) is 0.500. The summed E-state index contributed by atoms with van der Waals surface area (Å²) in [5.74, 6) is -0.363. The highest BCUT2D eigenvalue weighted by molar-refractivity contribution is 7.07. The van der Waals surface area contributed by atoms with Crippen LogP contribution in [-0.2, 0) is 6.61 Å². The van der Waals surface area contributed by atoms with E-state index in [9.17, 15) is 9.18 Å². The summed E-state index contributed by atoms with van der Waals surface area (Å²) < 4.78 is 20.3. The minimum atomic E-state index is -0.536. The van der Waals surface area contributed by atoms with E-state index in [0.717, 1.165) is 44.5 Å². The quantitative estimate of drug-likeness (QED) is 0.778. The van der Waals surface area contributed by atoms with Gasteiger partial charge >= 0.3 is 0 Å². The number of nitrogens with zero attached hydrogens (tertiary/aromatic N) is 3. The number of thiazole rings is 1. The second kappa shape index (κ2) is 7.56. The Balaban J connectivity index is 1.49. The summed E-state index contributed by atoms with van der Waals surface area (Å²) in [4.78, 5) is 21.5. The van der Waals surface area contributed by atoms with Gasteiger partial charge in [0.15, 0.2) is 0 Å². The van der Waals surface area contributed by atoms with E-state index in [-0.39, 0.29) is 23.7 Å². The Morgan fingerprint density at radius 1 is 1.30 bits per heavy atom. The molecule has 1 amide bonds. The molecule has 1 atom stereocenters. The Morgan fingerprint density at radius 2 is 2.11 bits per heavy atom.